The Morgan fingerprint density at radius 2 is 2.20 bits per heavy atom. The van der Waals surface area contributed by atoms with Gasteiger partial charge in [-0.2, -0.15) is 0 Å². The minimum Gasteiger partial charge on any atom is -0.489 e. The Bertz CT molecular complexity index is 399. The summed E-state index contributed by atoms with van der Waals surface area (Å²) in [5.41, 5.74) is 0.368. The van der Waals surface area contributed by atoms with E-state index in [1.165, 1.54) is 18.2 Å². The molecule has 0 saturated heterocycles. The van der Waals surface area contributed by atoms with Gasteiger partial charge in [-0.1, -0.05) is 13.8 Å². The van der Waals surface area contributed by atoms with E-state index in [2.05, 4.69) is 0 Å². The highest BCUT2D eigenvalue weighted by molar-refractivity contribution is 5.99. The number of carbonyl (C=O) groups excluding carboxylic acids is 1. The van der Waals surface area contributed by atoms with E-state index in [4.69, 9.17) is 4.74 Å². The third kappa shape index (κ3) is 1.87. The smallest absolute Gasteiger partial charge is 0.170 e. The van der Waals surface area contributed by atoms with Gasteiger partial charge in [0.2, 0.25) is 0 Å². The number of halogens is 1. The first-order chi connectivity index (χ1) is 7.08. The molecule has 0 aromatic heterocycles. The molecule has 0 amide bonds. The quantitative estimate of drug-likeness (QED) is 0.709. The molecule has 0 spiro atoms. The van der Waals surface area contributed by atoms with Crippen molar-refractivity contribution in [2.24, 2.45) is 5.92 Å². The lowest BCUT2D eigenvalue weighted by Gasteiger charge is -2.27. The average molecular weight is 208 g/mol. The van der Waals surface area contributed by atoms with Crippen LogP contribution >= 0.6 is 0 Å². The largest absolute Gasteiger partial charge is 0.489 e. The summed E-state index contributed by atoms with van der Waals surface area (Å²) in [6, 6.07) is 4.08. The van der Waals surface area contributed by atoms with Crippen molar-refractivity contribution in [3.05, 3.63) is 29.6 Å². The molecule has 1 atom stereocenters. The van der Waals surface area contributed by atoms with Gasteiger partial charge in [0.25, 0.3) is 0 Å². The van der Waals surface area contributed by atoms with Crippen molar-refractivity contribution >= 4 is 5.78 Å². The van der Waals surface area contributed by atoms with Crippen LogP contribution in [-0.4, -0.2) is 11.9 Å². The number of Topliss-reactive ketones (excluding diaryl/α,β-unsaturated/α-hetero) is 1. The molecule has 0 fully saturated rings. The lowest BCUT2D eigenvalue weighted by atomic mass is 9.94. The maximum Gasteiger partial charge on any atom is 0.170 e. The van der Waals surface area contributed by atoms with Crippen molar-refractivity contribution in [3.63, 3.8) is 0 Å². The van der Waals surface area contributed by atoms with E-state index in [-0.39, 0.29) is 17.8 Å². The predicted molar refractivity (Wildman–Crippen MR) is 54.6 cm³/mol. The standard InChI is InChI=1S/C12H13FO2/c1-7(2)12-6-10(14)9-5-8(13)3-4-11(9)15-12/h3-5,7,12H,6H2,1-2H3. The van der Waals surface area contributed by atoms with Gasteiger partial charge >= 0.3 is 0 Å². The Morgan fingerprint density at radius 3 is 2.87 bits per heavy atom. The number of ketones is 1. The molecular formula is C12H13FO2. The zero-order chi connectivity index (χ0) is 11.0. The predicted octanol–water partition coefficient (Wildman–Crippen LogP) is 2.82. The maximum absolute atomic E-state index is 12.9. The molecule has 1 unspecified atom stereocenters. The molecule has 0 saturated carbocycles. The number of ether oxygens (including phenoxy) is 1. The number of rotatable bonds is 1. The first kappa shape index (κ1) is 10.1. The van der Waals surface area contributed by atoms with Crippen LogP contribution in [0.15, 0.2) is 18.2 Å². The minimum absolute atomic E-state index is 0.0329. The highest BCUT2D eigenvalue weighted by atomic mass is 19.1. The molecule has 1 aromatic rings. The van der Waals surface area contributed by atoms with E-state index in [1.807, 2.05) is 13.8 Å². The van der Waals surface area contributed by atoms with Crippen LogP contribution in [0.25, 0.3) is 0 Å². The van der Waals surface area contributed by atoms with Crippen molar-refractivity contribution in [1.82, 2.24) is 0 Å². The van der Waals surface area contributed by atoms with Crippen LogP contribution in [0.5, 0.6) is 5.75 Å². The Labute approximate surface area is 88.1 Å². The van der Waals surface area contributed by atoms with Gasteiger partial charge < -0.3 is 4.74 Å². The van der Waals surface area contributed by atoms with Crippen LogP contribution in [0.3, 0.4) is 0 Å². The fourth-order valence-corrected chi connectivity index (χ4v) is 1.69. The van der Waals surface area contributed by atoms with Crippen LogP contribution in [0, 0.1) is 11.7 Å². The third-order valence-electron chi connectivity index (χ3n) is 2.65. The van der Waals surface area contributed by atoms with Crippen molar-refractivity contribution < 1.29 is 13.9 Å². The monoisotopic (exact) mass is 208 g/mol. The van der Waals surface area contributed by atoms with Gasteiger partial charge in [-0.05, 0) is 24.1 Å². The molecular weight excluding hydrogens is 195 g/mol. The van der Waals surface area contributed by atoms with Crippen molar-refractivity contribution in [1.29, 1.82) is 0 Å². The van der Waals surface area contributed by atoms with Gasteiger partial charge in [0.05, 0.1) is 5.56 Å². The first-order valence-electron chi connectivity index (χ1n) is 5.07. The highest BCUT2D eigenvalue weighted by Gasteiger charge is 2.28. The Kier molecular flexibility index (Phi) is 2.47. The fraction of sp³-hybridized carbons (Fsp3) is 0.417. The highest BCUT2D eigenvalue weighted by Crippen LogP contribution is 2.30. The number of hydrogen-bond donors (Lipinski definition) is 0. The molecule has 2 nitrogen and oxygen atoms in total. The van der Waals surface area contributed by atoms with Crippen LogP contribution in [0.1, 0.15) is 30.6 Å². The van der Waals surface area contributed by atoms with Crippen LogP contribution in [0.4, 0.5) is 4.39 Å². The molecule has 2 rings (SSSR count). The molecule has 0 aliphatic carbocycles. The number of fused-ring (bicyclic) bond motifs is 1. The zero-order valence-electron chi connectivity index (χ0n) is 8.79. The fourth-order valence-electron chi connectivity index (χ4n) is 1.69. The molecule has 1 aromatic carbocycles. The second-order valence-electron chi connectivity index (χ2n) is 4.17. The van der Waals surface area contributed by atoms with Gasteiger partial charge in [-0.3, -0.25) is 4.79 Å². The summed E-state index contributed by atoms with van der Waals surface area (Å²) in [6.07, 6.45) is 0.254. The summed E-state index contributed by atoms with van der Waals surface area (Å²) in [5, 5.41) is 0. The Balaban J connectivity index is 2.37. The maximum atomic E-state index is 12.9. The molecule has 0 N–H and O–H groups in total. The summed E-state index contributed by atoms with van der Waals surface area (Å²) in [6.45, 7) is 4.01. The topological polar surface area (TPSA) is 26.3 Å². The van der Waals surface area contributed by atoms with Crippen molar-refractivity contribution in [3.8, 4) is 5.75 Å². The number of benzene rings is 1. The summed E-state index contributed by atoms with van der Waals surface area (Å²) >= 11 is 0. The summed E-state index contributed by atoms with van der Waals surface area (Å²) in [5.74, 6) is 0.363. The summed E-state index contributed by atoms with van der Waals surface area (Å²) < 4.78 is 18.5. The Morgan fingerprint density at radius 1 is 1.47 bits per heavy atom. The third-order valence-corrected chi connectivity index (χ3v) is 2.65. The summed E-state index contributed by atoms with van der Waals surface area (Å²) in [7, 11) is 0. The van der Waals surface area contributed by atoms with E-state index < -0.39 is 5.82 Å². The van der Waals surface area contributed by atoms with Gasteiger partial charge in [0.15, 0.2) is 5.78 Å². The Hall–Kier alpha value is -1.38. The van der Waals surface area contributed by atoms with Gasteiger partial charge in [-0.15, -0.1) is 0 Å². The average Bonchev–Trinajstić information content (AvgIpc) is 2.18. The van der Waals surface area contributed by atoms with E-state index in [0.717, 1.165) is 0 Å². The second kappa shape index (κ2) is 3.65. The normalized spacial score (nSPS) is 20.0. The van der Waals surface area contributed by atoms with Crippen LogP contribution < -0.4 is 4.74 Å². The zero-order valence-corrected chi connectivity index (χ0v) is 8.79. The molecule has 80 valence electrons. The van der Waals surface area contributed by atoms with Crippen molar-refractivity contribution in [2.75, 3.05) is 0 Å². The molecule has 3 heteroatoms. The van der Waals surface area contributed by atoms with E-state index >= 15 is 0 Å². The molecule has 1 aliphatic heterocycles. The molecule has 0 radical (unpaired) electrons. The number of carbonyl (C=O) groups is 1. The molecule has 1 heterocycles. The lowest BCUT2D eigenvalue weighted by Crippen LogP contribution is -2.31. The van der Waals surface area contributed by atoms with Gasteiger partial charge in [0.1, 0.15) is 17.7 Å². The van der Waals surface area contributed by atoms with E-state index in [1.54, 1.807) is 0 Å². The van der Waals surface area contributed by atoms with Crippen LogP contribution in [-0.2, 0) is 0 Å². The first-order valence-corrected chi connectivity index (χ1v) is 5.07. The van der Waals surface area contributed by atoms with E-state index in [0.29, 0.717) is 17.7 Å². The molecule has 1 aliphatic rings. The number of hydrogen-bond acceptors (Lipinski definition) is 2. The van der Waals surface area contributed by atoms with Crippen molar-refractivity contribution in [2.45, 2.75) is 26.4 Å². The van der Waals surface area contributed by atoms with Crippen LogP contribution in [0.2, 0.25) is 0 Å². The van der Waals surface area contributed by atoms with Gasteiger partial charge in [-0.25, -0.2) is 4.39 Å². The molecule has 0 bridgehead atoms. The second-order valence-corrected chi connectivity index (χ2v) is 4.17. The SMILES string of the molecule is CC(C)C1CC(=O)c2cc(F)ccc2O1. The minimum atomic E-state index is -0.395. The summed E-state index contributed by atoms with van der Waals surface area (Å²) in [4.78, 5) is 11.7. The lowest BCUT2D eigenvalue weighted by molar-refractivity contribution is 0.0771. The van der Waals surface area contributed by atoms with Gasteiger partial charge in [0, 0.05) is 6.42 Å². The van der Waals surface area contributed by atoms with E-state index in [9.17, 15) is 9.18 Å². The molecule has 15 heavy (non-hydrogen) atoms.